The van der Waals surface area contributed by atoms with Crippen molar-refractivity contribution in [3.63, 3.8) is 0 Å². The Morgan fingerprint density at radius 3 is 2.83 bits per heavy atom. The van der Waals surface area contributed by atoms with Crippen LogP contribution in [0.5, 0.6) is 5.88 Å². The molecule has 0 spiro atoms. The first-order valence-electron chi connectivity index (χ1n) is 10.1. The van der Waals surface area contributed by atoms with E-state index in [0.717, 1.165) is 30.2 Å². The lowest BCUT2D eigenvalue weighted by Crippen LogP contribution is -2.38. The Balaban J connectivity index is 1.36. The van der Waals surface area contributed by atoms with Crippen molar-refractivity contribution in [3.05, 3.63) is 47.8 Å². The maximum absolute atomic E-state index is 13.2. The van der Waals surface area contributed by atoms with E-state index >= 15 is 0 Å². The number of nitrogens with zero attached hydrogens (tertiary/aromatic N) is 4. The molecule has 2 aliphatic heterocycles. The van der Waals surface area contributed by atoms with Crippen molar-refractivity contribution < 1.29 is 13.2 Å². The predicted octanol–water partition coefficient (Wildman–Crippen LogP) is 3.09. The molecule has 0 amide bonds. The maximum Gasteiger partial charge on any atom is 0.250 e. The molecule has 0 aliphatic carbocycles. The van der Waals surface area contributed by atoms with Gasteiger partial charge in [-0.05, 0) is 55.0 Å². The molecule has 0 bridgehead atoms. The average molecular weight is 413 g/mol. The Hall–Kier alpha value is -2.45. The van der Waals surface area contributed by atoms with Gasteiger partial charge >= 0.3 is 0 Å². The quantitative estimate of drug-likeness (QED) is 0.661. The number of ether oxygens (including phenoxy) is 1. The van der Waals surface area contributed by atoms with Crippen LogP contribution in [-0.2, 0) is 16.6 Å². The van der Waals surface area contributed by atoms with E-state index < -0.39 is 10.0 Å². The van der Waals surface area contributed by atoms with Crippen molar-refractivity contribution in [2.75, 3.05) is 19.7 Å². The summed E-state index contributed by atoms with van der Waals surface area (Å²) in [5.41, 5.74) is 3.52. The molecule has 0 saturated carbocycles. The second-order valence-electron chi connectivity index (χ2n) is 7.82. The highest BCUT2D eigenvalue weighted by atomic mass is 32.2. The summed E-state index contributed by atoms with van der Waals surface area (Å²) in [6, 6.07) is 8.37. The molecule has 8 heteroatoms. The molecular formula is C21H24N4O3S. The van der Waals surface area contributed by atoms with E-state index in [1.807, 2.05) is 12.3 Å². The van der Waals surface area contributed by atoms with Crippen LogP contribution in [0.25, 0.3) is 10.9 Å². The fraction of sp³-hybridized carbons (Fsp3) is 0.429. The first-order chi connectivity index (χ1) is 14.0. The molecule has 0 atom stereocenters. The molecule has 1 saturated heterocycles. The Morgan fingerprint density at radius 1 is 1.17 bits per heavy atom. The summed E-state index contributed by atoms with van der Waals surface area (Å²) < 4.78 is 35.2. The lowest BCUT2D eigenvalue weighted by Gasteiger charge is -2.32. The summed E-state index contributed by atoms with van der Waals surface area (Å²) in [6.45, 7) is 4.35. The second kappa shape index (κ2) is 7.11. The van der Waals surface area contributed by atoms with Gasteiger partial charge in [-0.25, -0.2) is 13.1 Å². The van der Waals surface area contributed by atoms with Crippen LogP contribution in [0.2, 0.25) is 0 Å². The zero-order valence-electron chi connectivity index (χ0n) is 16.4. The molecule has 0 unspecified atom stereocenters. The van der Waals surface area contributed by atoms with Crippen molar-refractivity contribution in [2.45, 2.75) is 43.5 Å². The van der Waals surface area contributed by atoms with Gasteiger partial charge in [-0.2, -0.15) is 9.40 Å². The summed E-state index contributed by atoms with van der Waals surface area (Å²) in [4.78, 5) is 4.63. The van der Waals surface area contributed by atoms with E-state index in [0.29, 0.717) is 38.0 Å². The Kier molecular flexibility index (Phi) is 4.55. The summed E-state index contributed by atoms with van der Waals surface area (Å²) in [5.74, 6) is 0.736. The number of sulfonamides is 1. The summed E-state index contributed by atoms with van der Waals surface area (Å²) in [7, 11) is -3.60. The second-order valence-corrected chi connectivity index (χ2v) is 9.73. The molecule has 4 heterocycles. The minimum absolute atomic E-state index is 0.198. The first-order valence-corrected chi connectivity index (χ1v) is 11.5. The molecular weight excluding hydrogens is 388 g/mol. The fourth-order valence-electron chi connectivity index (χ4n) is 4.45. The molecule has 7 nitrogen and oxygen atoms in total. The van der Waals surface area contributed by atoms with Gasteiger partial charge in [0, 0.05) is 37.6 Å². The fourth-order valence-corrected chi connectivity index (χ4v) is 5.99. The van der Waals surface area contributed by atoms with E-state index in [1.54, 1.807) is 8.99 Å². The van der Waals surface area contributed by atoms with Crippen LogP contribution in [0.4, 0.5) is 0 Å². The van der Waals surface area contributed by atoms with Crippen LogP contribution in [-0.4, -0.2) is 47.2 Å². The van der Waals surface area contributed by atoms with Crippen LogP contribution >= 0.6 is 0 Å². The number of rotatable bonds is 3. The van der Waals surface area contributed by atoms with E-state index in [4.69, 9.17) is 4.74 Å². The molecule has 3 aromatic rings. The normalized spacial score (nSPS) is 18.5. The van der Waals surface area contributed by atoms with Gasteiger partial charge in [0.15, 0.2) is 4.90 Å². The molecule has 1 fully saturated rings. The van der Waals surface area contributed by atoms with E-state index in [1.165, 1.54) is 17.3 Å². The Bertz CT molecular complexity index is 1160. The van der Waals surface area contributed by atoms with Crippen molar-refractivity contribution in [1.29, 1.82) is 0 Å². The molecule has 152 valence electrons. The number of hydrogen-bond acceptors (Lipinski definition) is 5. The van der Waals surface area contributed by atoms with Gasteiger partial charge in [0.05, 0.1) is 18.3 Å². The lowest BCUT2D eigenvalue weighted by molar-refractivity contribution is 0.223. The Morgan fingerprint density at radius 2 is 2.00 bits per heavy atom. The Labute approximate surface area is 170 Å². The molecule has 29 heavy (non-hydrogen) atoms. The average Bonchev–Trinajstić information content (AvgIpc) is 3.18. The van der Waals surface area contributed by atoms with Gasteiger partial charge in [0.25, 0.3) is 0 Å². The lowest BCUT2D eigenvalue weighted by atomic mass is 9.86. The van der Waals surface area contributed by atoms with Gasteiger partial charge in [-0.3, -0.25) is 4.98 Å². The minimum Gasteiger partial charge on any atom is -0.477 e. The largest absolute Gasteiger partial charge is 0.477 e. The standard InChI is InChI=1S/C21H24N4O3S/c1-15-12-19-17(4-2-7-22-19)13-18(15)16-5-9-24(10-6-16)29(26,27)20-14-23-25-8-3-11-28-21(20)25/h2,4,7,12-14,16H,3,5-6,8-11H2,1H3. The van der Waals surface area contributed by atoms with Crippen molar-refractivity contribution in [2.24, 2.45) is 0 Å². The predicted molar refractivity (Wildman–Crippen MR) is 110 cm³/mol. The van der Waals surface area contributed by atoms with Crippen LogP contribution in [0, 0.1) is 6.92 Å². The highest BCUT2D eigenvalue weighted by molar-refractivity contribution is 7.89. The number of hydrogen-bond donors (Lipinski definition) is 0. The zero-order chi connectivity index (χ0) is 20.0. The number of aryl methyl sites for hydroxylation is 2. The third-order valence-corrected chi connectivity index (χ3v) is 7.90. The molecule has 0 radical (unpaired) electrons. The van der Waals surface area contributed by atoms with Crippen molar-refractivity contribution in [1.82, 2.24) is 19.1 Å². The minimum atomic E-state index is -3.60. The van der Waals surface area contributed by atoms with Crippen molar-refractivity contribution >= 4 is 20.9 Å². The SMILES string of the molecule is Cc1cc2ncccc2cc1C1CCN(S(=O)(=O)c2cnn3c2OCCC3)CC1. The summed E-state index contributed by atoms with van der Waals surface area (Å²) in [6.07, 6.45) is 5.69. The molecule has 2 aromatic heterocycles. The smallest absolute Gasteiger partial charge is 0.250 e. The van der Waals surface area contributed by atoms with Crippen LogP contribution < -0.4 is 4.74 Å². The maximum atomic E-state index is 13.2. The number of aromatic nitrogens is 3. The number of piperidine rings is 1. The van der Waals surface area contributed by atoms with Gasteiger partial charge in [-0.15, -0.1) is 0 Å². The van der Waals surface area contributed by atoms with Crippen LogP contribution in [0.1, 0.15) is 36.3 Å². The summed E-state index contributed by atoms with van der Waals surface area (Å²) >= 11 is 0. The van der Waals surface area contributed by atoms with Crippen LogP contribution in [0.3, 0.4) is 0 Å². The van der Waals surface area contributed by atoms with Crippen LogP contribution in [0.15, 0.2) is 41.6 Å². The third kappa shape index (κ3) is 3.20. The molecule has 1 aromatic carbocycles. The van der Waals surface area contributed by atoms with E-state index in [-0.39, 0.29) is 4.90 Å². The third-order valence-electron chi connectivity index (χ3n) is 6.02. The highest BCUT2D eigenvalue weighted by Crippen LogP contribution is 2.36. The number of fused-ring (bicyclic) bond motifs is 2. The number of benzene rings is 1. The highest BCUT2D eigenvalue weighted by Gasteiger charge is 2.35. The topological polar surface area (TPSA) is 77.3 Å². The molecule has 2 aliphatic rings. The monoisotopic (exact) mass is 412 g/mol. The van der Waals surface area contributed by atoms with E-state index in [9.17, 15) is 8.42 Å². The van der Waals surface area contributed by atoms with Gasteiger partial charge in [0.2, 0.25) is 15.9 Å². The van der Waals surface area contributed by atoms with Crippen molar-refractivity contribution in [3.8, 4) is 5.88 Å². The molecule has 0 N–H and O–H groups in total. The van der Waals surface area contributed by atoms with Gasteiger partial charge < -0.3 is 4.74 Å². The molecule has 5 rings (SSSR count). The first kappa shape index (κ1) is 18.6. The zero-order valence-corrected chi connectivity index (χ0v) is 17.2. The van der Waals surface area contributed by atoms with Gasteiger partial charge in [-0.1, -0.05) is 6.07 Å². The van der Waals surface area contributed by atoms with E-state index in [2.05, 4.69) is 35.2 Å². The number of pyridine rings is 1. The summed E-state index contributed by atoms with van der Waals surface area (Å²) in [5, 5.41) is 5.33. The van der Waals surface area contributed by atoms with Gasteiger partial charge in [0.1, 0.15) is 0 Å².